The van der Waals surface area contributed by atoms with Gasteiger partial charge in [-0.2, -0.15) is 0 Å². The van der Waals surface area contributed by atoms with Gasteiger partial charge in [0.15, 0.2) is 0 Å². The van der Waals surface area contributed by atoms with Crippen LogP contribution in [0.15, 0.2) is 30.3 Å². The van der Waals surface area contributed by atoms with Crippen LogP contribution < -0.4 is 0 Å². The first-order chi connectivity index (χ1) is 9.31. The van der Waals surface area contributed by atoms with E-state index in [4.69, 9.17) is 0 Å². The predicted molar refractivity (Wildman–Crippen MR) is 73.5 cm³/mol. The summed E-state index contributed by atoms with van der Waals surface area (Å²) in [5.41, 5.74) is 1.05. The lowest BCUT2D eigenvalue weighted by molar-refractivity contribution is -0.132. The number of hydrogen-bond acceptors (Lipinski definition) is 2. The van der Waals surface area contributed by atoms with Gasteiger partial charge in [0.1, 0.15) is 0 Å². The molecule has 1 aliphatic carbocycles. The Morgan fingerprint density at radius 2 is 1.95 bits per heavy atom. The van der Waals surface area contributed by atoms with Gasteiger partial charge in [-0.05, 0) is 24.3 Å². The number of nitrogens with zero attached hydrogens (tertiary/aromatic N) is 1. The highest BCUT2D eigenvalue weighted by Gasteiger charge is 2.43. The van der Waals surface area contributed by atoms with E-state index in [1.165, 1.54) is 19.3 Å². The molecule has 3 rings (SSSR count). The minimum atomic E-state index is -0.165. The third kappa shape index (κ3) is 2.27. The maximum atomic E-state index is 12.3. The van der Waals surface area contributed by atoms with E-state index in [0.29, 0.717) is 18.4 Å². The summed E-state index contributed by atoms with van der Waals surface area (Å²) in [5.74, 6) is 0.735. The number of aliphatic hydroxyl groups excluding tert-OH is 1. The highest BCUT2D eigenvalue weighted by Crippen LogP contribution is 2.41. The molecule has 1 aromatic rings. The molecule has 1 heterocycles. The summed E-state index contributed by atoms with van der Waals surface area (Å²) < 4.78 is 0. The molecular weight excluding hydrogens is 238 g/mol. The Kier molecular flexibility index (Phi) is 3.56. The zero-order valence-electron chi connectivity index (χ0n) is 11.2. The van der Waals surface area contributed by atoms with Crippen molar-refractivity contribution in [3.8, 4) is 0 Å². The molecule has 3 nitrogen and oxygen atoms in total. The van der Waals surface area contributed by atoms with E-state index in [0.717, 1.165) is 12.0 Å². The maximum Gasteiger partial charge on any atom is 0.223 e. The van der Waals surface area contributed by atoms with Gasteiger partial charge in [-0.25, -0.2) is 0 Å². The van der Waals surface area contributed by atoms with Crippen molar-refractivity contribution in [3.63, 3.8) is 0 Å². The Hall–Kier alpha value is -1.35. The van der Waals surface area contributed by atoms with Crippen LogP contribution in [0, 0.1) is 5.92 Å². The van der Waals surface area contributed by atoms with E-state index >= 15 is 0 Å². The first-order valence-electron chi connectivity index (χ1n) is 7.28. The van der Waals surface area contributed by atoms with Crippen molar-refractivity contribution in [1.29, 1.82) is 0 Å². The smallest absolute Gasteiger partial charge is 0.223 e. The number of hydrogen-bond donors (Lipinski definition) is 1. The summed E-state index contributed by atoms with van der Waals surface area (Å²) in [4.78, 5) is 14.3. The molecule has 2 fully saturated rings. The van der Waals surface area contributed by atoms with Gasteiger partial charge < -0.3 is 10.0 Å². The summed E-state index contributed by atoms with van der Waals surface area (Å²) in [6, 6.07) is 10.1. The van der Waals surface area contributed by atoms with Gasteiger partial charge in [0, 0.05) is 12.5 Å². The van der Waals surface area contributed by atoms with Crippen LogP contribution in [-0.2, 0) is 4.79 Å². The number of carbonyl (C=O) groups excluding carboxylic acids is 1. The highest BCUT2D eigenvalue weighted by molar-refractivity contribution is 5.80. The lowest BCUT2D eigenvalue weighted by atomic mass is 9.84. The number of amides is 1. The van der Waals surface area contributed by atoms with Crippen LogP contribution in [0.1, 0.15) is 43.7 Å². The molecule has 3 atom stereocenters. The van der Waals surface area contributed by atoms with Crippen molar-refractivity contribution in [1.82, 2.24) is 4.90 Å². The number of carbonyl (C=O) groups is 1. The molecule has 1 saturated heterocycles. The normalized spacial score (nSPS) is 28.3. The van der Waals surface area contributed by atoms with Crippen molar-refractivity contribution < 1.29 is 9.90 Å². The Morgan fingerprint density at radius 3 is 2.68 bits per heavy atom. The standard InChI is InChI=1S/C16H21NO2/c18-11-15(12-6-2-1-3-7-12)17-14-9-5-4-8-13(14)10-16(17)19/h1-3,6-7,13-15,18H,4-5,8-11H2. The van der Waals surface area contributed by atoms with E-state index in [1.807, 2.05) is 35.2 Å². The van der Waals surface area contributed by atoms with Gasteiger partial charge in [-0.1, -0.05) is 43.2 Å². The maximum absolute atomic E-state index is 12.3. The zero-order chi connectivity index (χ0) is 13.2. The molecule has 1 amide bonds. The van der Waals surface area contributed by atoms with Crippen molar-refractivity contribution >= 4 is 5.91 Å². The van der Waals surface area contributed by atoms with Crippen LogP contribution in [0.5, 0.6) is 0 Å². The number of likely N-dealkylation sites (tertiary alicyclic amines) is 1. The number of aliphatic hydroxyl groups is 1. The van der Waals surface area contributed by atoms with Crippen LogP contribution in [0.4, 0.5) is 0 Å². The zero-order valence-corrected chi connectivity index (χ0v) is 11.2. The molecule has 3 heteroatoms. The molecule has 3 unspecified atom stereocenters. The molecule has 1 aromatic carbocycles. The quantitative estimate of drug-likeness (QED) is 0.906. The fraction of sp³-hybridized carbons (Fsp3) is 0.562. The fourth-order valence-corrected chi connectivity index (χ4v) is 3.74. The number of benzene rings is 1. The van der Waals surface area contributed by atoms with Gasteiger partial charge in [0.2, 0.25) is 5.91 Å². The molecule has 0 spiro atoms. The van der Waals surface area contributed by atoms with Crippen molar-refractivity contribution in [2.24, 2.45) is 5.92 Å². The van der Waals surface area contributed by atoms with Crippen LogP contribution >= 0.6 is 0 Å². The molecule has 0 aromatic heterocycles. The molecule has 0 bridgehead atoms. The first kappa shape index (κ1) is 12.7. The summed E-state index contributed by atoms with van der Waals surface area (Å²) in [6.45, 7) is 0.0129. The van der Waals surface area contributed by atoms with Crippen LogP contribution in [0.25, 0.3) is 0 Å². The average Bonchev–Trinajstić information content (AvgIpc) is 2.78. The molecule has 19 heavy (non-hydrogen) atoms. The average molecular weight is 259 g/mol. The number of rotatable bonds is 3. The predicted octanol–water partition coefficient (Wildman–Crippen LogP) is 2.51. The van der Waals surface area contributed by atoms with Gasteiger partial charge in [0.05, 0.1) is 12.6 Å². The molecule has 102 valence electrons. The summed E-state index contributed by atoms with van der Waals surface area (Å²) >= 11 is 0. The Morgan fingerprint density at radius 1 is 1.21 bits per heavy atom. The summed E-state index contributed by atoms with van der Waals surface area (Å²) in [5, 5.41) is 9.75. The third-order valence-corrected chi connectivity index (χ3v) is 4.64. The van der Waals surface area contributed by atoms with E-state index in [-0.39, 0.29) is 18.6 Å². The Balaban J connectivity index is 1.88. The van der Waals surface area contributed by atoms with Gasteiger partial charge in [-0.15, -0.1) is 0 Å². The summed E-state index contributed by atoms with van der Waals surface area (Å²) in [6.07, 6.45) is 5.39. The second-order valence-electron chi connectivity index (χ2n) is 5.73. The van der Waals surface area contributed by atoms with Gasteiger partial charge in [-0.3, -0.25) is 4.79 Å². The first-order valence-corrected chi connectivity index (χ1v) is 7.28. The third-order valence-electron chi connectivity index (χ3n) is 4.64. The largest absolute Gasteiger partial charge is 0.394 e. The lowest BCUT2D eigenvalue weighted by Gasteiger charge is -2.36. The van der Waals surface area contributed by atoms with Crippen molar-refractivity contribution in [2.75, 3.05) is 6.61 Å². The molecule has 1 aliphatic heterocycles. The second-order valence-corrected chi connectivity index (χ2v) is 5.73. The second kappa shape index (κ2) is 5.33. The van der Waals surface area contributed by atoms with Crippen LogP contribution in [0.2, 0.25) is 0 Å². The van der Waals surface area contributed by atoms with Crippen LogP contribution in [-0.4, -0.2) is 28.6 Å². The van der Waals surface area contributed by atoms with Crippen molar-refractivity contribution in [2.45, 2.75) is 44.2 Å². The minimum absolute atomic E-state index is 0.0129. The minimum Gasteiger partial charge on any atom is -0.394 e. The van der Waals surface area contributed by atoms with E-state index < -0.39 is 0 Å². The van der Waals surface area contributed by atoms with E-state index in [9.17, 15) is 9.90 Å². The SMILES string of the molecule is O=C1CC2CCCCC2N1C(CO)c1ccccc1. The van der Waals surface area contributed by atoms with Gasteiger partial charge >= 0.3 is 0 Å². The highest BCUT2D eigenvalue weighted by atomic mass is 16.3. The Labute approximate surface area is 114 Å². The van der Waals surface area contributed by atoms with E-state index in [1.54, 1.807) is 0 Å². The Bertz CT molecular complexity index is 445. The topological polar surface area (TPSA) is 40.5 Å². The van der Waals surface area contributed by atoms with Crippen LogP contribution in [0.3, 0.4) is 0 Å². The monoisotopic (exact) mass is 259 g/mol. The molecule has 1 N–H and O–H groups in total. The van der Waals surface area contributed by atoms with Gasteiger partial charge in [0.25, 0.3) is 0 Å². The molecule has 1 saturated carbocycles. The van der Waals surface area contributed by atoms with Crippen molar-refractivity contribution in [3.05, 3.63) is 35.9 Å². The summed E-state index contributed by atoms with van der Waals surface area (Å²) in [7, 11) is 0. The fourth-order valence-electron chi connectivity index (χ4n) is 3.74. The van der Waals surface area contributed by atoms with E-state index in [2.05, 4.69) is 0 Å². The number of fused-ring (bicyclic) bond motifs is 1. The molecular formula is C16H21NO2. The lowest BCUT2D eigenvalue weighted by Crippen LogP contribution is -2.41. The molecule has 2 aliphatic rings. The molecule has 0 radical (unpaired) electrons.